The molecule has 5 heteroatoms. The second kappa shape index (κ2) is 5.42. The van der Waals surface area contributed by atoms with E-state index in [2.05, 4.69) is 0 Å². The molecule has 4 nitrogen and oxygen atoms in total. The maximum absolute atomic E-state index is 11.5. The summed E-state index contributed by atoms with van der Waals surface area (Å²) in [7, 11) is 2.02. The highest BCUT2D eigenvalue weighted by molar-refractivity contribution is 7.09. The summed E-state index contributed by atoms with van der Waals surface area (Å²) in [6, 6.07) is 0. The zero-order valence-corrected chi connectivity index (χ0v) is 9.90. The van der Waals surface area contributed by atoms with E-state index in [1.807, 2.05) is 9.47 Å². The van der Waals surface area contributed by atoms with Gasteiger partial charge in [0.15, 0.2) is 0 Å². The fourth-order valence-corrected chi connectivity index (χ4v) is 1.70. The Morgan fingerprint density at radius 3 is 2.29 bits per heavy atom. The molecule has 0 aliphatic rings. The molecule has 0 spiro atoms. The van der Waals surface area contributed by atoms with E-state index in [1.165, 1.54) is 0 Å². The molecule has 0 rings (SSSR count). The minimum absolute atomic E-state index is 0.00574. The number of carboxylic acids is 1. The Labute approximate surface area is 86.3 Å². The van der Waals surface area contributed by atoms with Gasteiger partial charge in [-0.1, -0.05) is 20.8 Å². The van der Waals surface area contributed by atoms with Crippen LogP contribution in [0.5, 0.6) is 0 Å². The van der Waals surface area contributed by atoms with Crippen LogP contribution in [-0.4, -0.2) is 23.0 Å². The predicted molar refractivity (Wildman–Crippen MR) is 55.9 cm³/mol. The first-order valence-electron chi connectivity index (χ1n) is 4.46. The van der Waals surface area contributed by atoms with Crippen molar-refractivity contribution in [2.24, 2.45) is 5.41 Å². The first-order chi connectivity index (χ1) is 6.36. The van der Waals surface area contributed by atoms with Gasteiger partial charge in [-0.2, -0.15) is 0 Å². The van der Waals surface area contributed by atoms with E-state index in [1.54, 1.807) is 20.8 Å². The lowest BCUT2D eigenvalue weighted by atomic mass is 9.79. The normalized spacial score (nSPS) is 13.7. The molecule has 0 aliphatic carbocycles. The molecule has 0 fully saturated rings. The van der Waals surface area contributed by atoms with E-state index < -0.39 is 17.5 Å². The van der Waals surface area contributed by atoms with Crippen molar-refractivity contribution in [2.45, 2.75) is 39.7 Å². The van der Waals surface area contributed by atoms with E-state index in [9.17, 15) is 9.59 Å². The fourth-order valence-electron chi connectivity index (χ4n) is 1.27. The molecular formula is C9H17O4P. The van der Waals surface area contributed by atoms with Gasteiger partial charge in [0.1, 0.15) is 5.78 Å². The summed E-state index contributed by atoms with van der Waals surface area (Å²) < 4.78 is 4.96. The van der Waals surface area contributed by atoms with Gasteiger partial charge in [-0.3, -0.25) is 9.59 Å². The van der Waals surface area contributed by atoms with Crippen LogP contribution in [0.2, 0.25) is 0 Å². The Balaban J connectivity index is 4.64. The van der Waals surface area contributed by atoms with Crippen LogP contribution in [0.1, 0.15) is 33.6 Å². The topological polar surface area (TPSA) is 63.6 Å². The number of carbonyl (C=O) groups is 2. The summed E-state index contributed by atoms with van der Waals surface area (Å²) in [4.78, 5) is 22.1. The van der Waals surface area contributed by atoms with Crippen molar-refractivity contribution in [3.8, 4) is 0 Å². The van der Waals surface area contributed by atoms with Gasteiger partial charge in [-0.15, -0.1) is 0 Å². The van der Waals surface area contributed by atoms with Crippen molar-refractivity contribution in [1.29, 1.82) is 0 Å². The summed E-state index contributed by atoms with van der Waals surface area (Å²) in [6.45, 7) is 5.16. The molecule has 14 heavy (non-hydrogen) atoms. The summed E-state index contributed by atoms with van der Waals surface area (Å²) in [5.74, 6) is -0.958. The molecule has 82 valence electrons. The number of hydrogen-bond donors (Lipinski definition) is 1. The molecule has 0 aliphatic heterocycles. The van der Waals surface area contributed by atoms with Gasteiger partial charge in [0.05, 0.1) is 17.9 Å². The highest BCUT2D eigenvalue weighted by Gasteiger charge is 2.36. The summed E-state index contributed by atoms with van der Waals surface area (Å²) >= 11 is 0. The van der Waals surface area contributed by atoms with E-state index in [-0.39, 0.29) is 12.2 Å². The number of hydrogen-bond acceptors (Lipinski definition) is 3. The first-order valence-corrected chi connectivity index (χ1v) is 4.94. The van der Waals surface area contributed by atoms with E-state index in [0.717, 1.165) is 0 Å². The van der Waals surface area contributed by atoms with Gasteiger partial charge in [-0.25, -0.2) is 0 Å². The number of rotatable bonds is 6. The highest BCUT2D eigenvalue weighted by atomic mass is 31.0. The van der Waals surface area contributed by atoms with Crippen LogP contribution in [0.25, 0.3) is 0 Å². The summed E-state index contributed by atoms with van der Waals surface area (Å²) in [6.07, 6.45) is -0.378. The maximum atomic E-state index is 11.5. The second-order valence-corrected chi connectivity index (χ2v) is 3.99. The van der Waals surface area contributed by atoms with Crippen LogP contribution in [0.3, 0.4) is 0 Å². The first kappa shape index (κ1) is 13.5. The second-order valence-electron chi connectivity index (χ2n) is 3.72. The van der Waals surface area contributed by atoms with Crippen LogP contribution < -0.4 is 0 Å². The molecule has 1 N–H and O–H groups in total. The van der Waals surface area contributed by atoms with Crippen LogP contribution in [0.4, 0.5) is 0 Å². The molecular weight excluding hydrogens is 203 g/mol. The molecule has 0 heterocycles. The summed E-state index contributed by atoms with van der Waals surface area (Å²) in [5, 5.41) is 8.63. The van der Waals surface area contributed by atoms with Gasteiger partial charge >= 0.3 is 5.97 Å². The van der Waals surface area contributed by atoms with Crippen molar-refractivity contribution < 1.29 is 19.2 Å². The molecule has 0 radical (unpaired) electrons. The van der Waals surface area contributed by atoms with Gasteiger partial charge in [0.2, 0.25) is 0 Å². The minimum Gasteiger partial charge on any atom is -0.481 e. The van der Waals surface area contributed by atoms with Crippen molar-refractivity contribution in [3.63, 3.8) is 0 Å². The van der Waals surface area contributed by atoms with Gasteiger partial charge in [0.25, 0.3) is 0 Å². The number of Topliss-reactive ketones (excluding diaryl/α,β-unsaturated/α-hetero) is 1. The van der Waals surface area contributed by atoms with Crippen molar-refractivity contribution in [1.82, 2.24) is 0 Å². The number of carbonyl (C=O) groups excluding carboxylic acids is 1. The van der Waals surface area contributed by atoms with Crippen molar-refractivity contribution in [3.05, 3.63) is 0 Å². The average molecular weight is 220 g/mol. The molecule has 0 amide bonds. The van der Waals surface area contributed by atoms with Crippen LogP contribution >= 0.6 is 9.47 Å². The molecule has 2 atom stereocenters. The average Bonchev–Trinajstić information content (AvgIpc) is 2.12. The van der Waals surface area contributed by atoms with Crippen LogP contribution in [0.15, 0.2) is 0 Å². The smallest absolute Gasteiger partial charge is 0.306 e. The number of carboxylic acid groups (broad SMARTS) is 1. The Kier molecular flexibility index (Phi) is 5.24. The monoisotopic (exact) mass is 220 g/mol. The molecule has 0 aromatic rings. The molecule has 0 aromatic heterocycles. The van der Waals surface area contributed by atoms with Gasteiger partial charge in [0, 0.05) is 15.9 Å². The zero-order chi connectivity index (χ0) is 11.4. The Bertz CT molecular complexity index is 225. The number of ketones is 1. The third-order valence-corrected chi connectivity index (χ3v) is 2.70. The highest BCUT2D eigenvalue weighted by Crippen LogP contribution is 2.29. The molecule has 0 aromatic carbocycles. The lowest BCUT2D eigenvalue weighted by Gasteiger charge is -2.30. The molecule has 0 saturated carbocycles. The third-order valence-electron chi connectivity index (χ3n) is 2.37. The lowest BCUT2D eigenvalue weighted by molar-refractivity contribution is -0.142. The quantitative estimate of drug-likeness (QED) is 0.691. The van der Waals surface area contributed by atoms with Gasteiger partial charge < -0.3 is 9.63 Å². The Hall–Kier alpha value is -0.470. The van der Waals surface area contributed by atoms with Crippen LogP contribution in [0, 0.1) is 5.41 Å². The standard InChI is InChI=1S/C9H17O4P/c1-4-6(10)9(2,3)7(13-14)5-8(11)12/h7H,4-5,14H2,1-3H3,(H,11,12)/t7-/m1/s1. The molecule has 0 saturated heterocycles. The van der Waals surface area contributed by atoms with Crippen LogP contribution in [-0.2, 0) is 14.1 Å². The SMILES string of the molecule is CCC(=O)C(C)(C)[C@@H](CC(=O)O)OP. The minimum atomic E-state index is -0.963. The van der Waals surface area contributed by atoms with Crippen molar-refractivity contribution in [2.75, 3.05) is 0 Å². The number of aliphatic carboxylic acids is 1. The van der Waals surface area contributed by atoms with Gasteiger partial charge in [-0.05, 0) is 0 Å². The summed E-state index contributed by atoms with van der Waals surface area (Å²) in [5.41, 5.74) is -0.755. The van der Waals surface area contributed by atoms with E-state index in [0.29, 0.717) is 6.42 Å². The predicted octanol–water partition coefficient (Wildman–Crippen LogP) is 1.64. The lowest BCUT2D eigenvalue weighted by Crippen LogP contribution is -2.38. The zero-order valence-electron chi connectivity index (χ0n) is 8.74. The largest absolute Gasteiger partial charge is 0.481 e. The third kappa shape index (κ3) is 3.35. The Morgan fingerprint density at radius 2 is 2.00 bits per heavy atom. The fraction of sp³-hybridized carbons (Fsp3) is 0.778. The Morgan fingerprint density at radius 1 is 1.50 bits per heavy atom. The van der Waals surface area contributed by atoms with Crippen molar-refractivity contribution >= 4 is 21.2 Å². The molecule has 1 unspecified atom stereocenters. The van der Waals surface area contributed by atoms with E-state index in [4.69, 9.17) is 9.63 Å². The van der Waals surface area contributed by atoms with E-state index >= 15 is 0 Å². The maximum Gasteiger partial charge on any atom is 0.306 e. The molecule has 0 bridgehead atoms.